The summed E-state index contributed by atoms with van der Waals surface area (Å²) < 4.78 is 60.7. The number of pyridine rings is 1. The predicted molar refractivity (Wildman–Crippen MR) is 96.5 cm³/mol. The SMILES string of the molecule is CCc1ccc(C(F)COc2ccc(CC(OCC(F)(F)F)C(=O)O)cc2)nc1. The smallest absolute Gasteiger partial charge is 0.411 e. The van der Waals surface area contributed by atoms with Gasteiger partial charge in [-0.05, 0) is 35.7 Å². The van der Waals surface area contributed by atoms with Gasteiger partial charge in [-0.1, -0.05) is 25.1 Å². The van der Waals surface area contributed by atoms with Crippen molar-refractivity contribution in [3.8, 4) is 5.75 Å². The Morgan fingerprint density at radius 1 is 1.14 bits per heavy atom. The number of ether oxygens (including phenoxy) is 2. The van der Waals surface area contributed by atoms with Crippen LogP contribution in [0.25, 0.3) is 0 Å². The lowest BCUT2D eigenvalue weighted by Crippen LogP contribution is -2.31. The molecule has 0 bridgehead atoms. The molecule has 2 rings (SSSR count). The van der Waals surface area contributed by atoms with E-state index in [1.807, 2.05) is 6.92 Å². The molecule has 2 atom stereocenters. The van der Waals surface area contributed by atoms with Crippen LogP contribution in [0.3, 0.4) is 0 Å². The Morgan fingerprint density at radius 3 is 2.31 bits per heavy atom. The van der Waals surface area contributed by atoms with Crippen molar-refractivity contribution in [2.24, 2.45) is 0 Å². The molecular weight excluding hydrogens is 394 g/mol. The third-order valence-electron chi connectivity index (χ3n) is 4.04. The Kier molecular flexibility index (Phi) is 7.95. The second-order valence-electron chi connectivity index (χ2n) is 6.32. The summed E-state index contributed by atoms with van der Waals surface area (Å²) in [5.74, 6) is -1.15. The summed E-state index contributed by atoms with van der Waals surface area (Å²) in [4.78, 5) is 15.1. The van der Waals surface area contributed by atoms with Gasteiger partial charge in [-0.15, -0.1) is 0 Å². The first kappa shape index (κ1) is 22.6. The number of benzene rings is 1. The number of aromatic nitrogens is 1. The molecule has 2 aromatic rings. The molecule has 1 aromatic heterocycles. The quantitative estimate of drug-likeness (QED) is 0.586. The van der Waals surface area contributed by atoms with E-state index in [4.69, 9.17) is 9.84 Å². The predicted octanol–water partition coefficient (Wildman–Crippen LogP) is 4.31. The number of nitrogens with zero attached hydrogens (tertiary/aromatic N) is 1. The van der Waals surface area contributed by atoms with Gasteiger partial charge in [0, 0.05) is 12.6 Å². The van der Waals surface area contributed by atoms with Crippen molar-refractivity contribution >= 4 is 5.97 Å². The van der Waals surface area contributed by atoms with E-state index in [0.29, 0.717) is 11.3 Å². The van der Waals surface area contributed by atoms with E-state index in [2.05, 4.69) is 9.72 Å². The van der Waals surface area contributed by atoms with Gasteiger partial charge in [0.25, 0.3) is 0 Å². The fourth-order valence-corrected chi connectivity index (χ4v) is 2.43. The lowest BCUT2D eigenvalue weighted by Gasteiger charge is -2.15. The fraction of sp³-hybridized carbons (Fsp3) is 0.400. The second kappa shape index (κ2) is 10.2. The number of carbonyl (C=O) groups is 1. The van der Waals surface area contributed by atoms with Gasteiger partial charge >= 0.3 is 12.1 Å². The lowest BCUT2D eigenvalue weighted by atomic mass is 10.1. The van der Waals surface area contributed by atoms with Gasteiger partial charge in [0.05, 0.1) is 5.69 Å². The zero-order valence-electron chi connectivity index (χ0n) is 15.7. The highest BCUT2D eigenvalue weighted by Crippen LogP contribution is 2.21. The average Bonchev–Trinajstić information content (AvgIpc) is 2.69. The molecule has 0 radical (unpaired) electrons. The van der Waals surface area contributed by atoms with Crippen LogP contribution in [0.5, 0.6) is 5.75 Å². The van der Waals surface area contributed by atoms with Crippen molar-refractivity contribution in [1.82, 2.24) is 4.98 Å². The Balaban J connectivity index is 1.89. The summed E-state index contributed by atoms with van der Waals surface area (Å²) in [5, 5.41) is 9.01. The molecule has 0 amide bonds. The fourth-order valence-electron chi connectivity index (χ4n) is 2.43. The number of hydrogen-bond donors (Lipinski definition) is 1. The number of aryl methyl sites for hydroxylation is 1. The van der Waals surface area contributed by atoms with Crippen molar-refractivity contribution in [2.45, 2.75) is 38.2 Å². The maximum absolute atomic E-state index is 14.2. The van der Waals surface area contributed by atoms with E-state index in [0.717, 1.165) is 12.0 Å². The van der Waals surface area contributed by atoms with Crippen LogP contribution in [0, 0.1) is 0 Å². The molecule has 0 saturated heterocycles. The summed E-state index contributed by atoms with van der Waals surface area (Å²) >= 11 is 0. The third kappa shape index (κ3) is 7.69. The number of halogens is 4. The molecule has 5 nitrogen and oxygen atoms in total. The van der Waals surface area contributed by atoms with E-state index in [9.17, 15) is 22.4 Å². The summed E-state index contributed by atoms with van der Waals surface area (Å²) in [6.07, 6.45) is -5.50. The molecule has 0 spiro atoms. The molecule has 0 saturated carbocycles. The zero-order valence-corrected chi connectivity index (χ0v) is 15.7. The van der Waals surface area contributed by atoms with E-state index in [-0.39, 0.29) is 18.7 Å². The minimum atomic E-state index is -4.61. The minimum Gasteiger partial charge on any atom is -0.490 e. The van der Waals surface area contributed by atoms with Crippen LogP contribution in [-0.2, 0) is 22.4 Å². The second-order valence-corrected chi connectivity index (χ2v) is 6.32. The molecule has 1 heterocycles. The molecule has 9 heteroatoms. The van der Waals surface area contributed by atoms with E-state index in [1.54, 1.807) is 18.3 Å². The third-order valence-corrected chi connectivity index (χ3v) is 4.04. The number of hydrogen-bond acceptors (Lipinski definition) is 4. The Morgan fingerprint density at radius 2 is 1.79 bits per heavy atom. The van der Waals surface area contributed by atoms with Crippen LogP contribution in [0.2, 0.25) is 0 Å². The molecule has 1 aromatic carbocycles. The highest BCUT2D eigenvalue weighted by molar-refractivity contribution is 5.72. The first-order chi connectivity index (χ1) is 13.7. The van der Waals surface area contributed by atoms with Crippen LogP contribution in [0.4, 0.5) is 17.6 Å². The van der Waals surface area contributed by atoms with Crippen LogP contribution >= 0.6 is 0 Å². The maximum atomic E-state index is 14.2. The van der Waals surface area contributed by atoms with E-state index in [1.165, 1.54) is 24.3 Å². The number of carboxylic acids is 1. The molecular formula is C20H21F4NO4. The zero-order chi connectivity index (χ0) is 21.4. The minimum absolute atomic E-state index is 0.245. The number of aliphatic carboxylic acids is 1. The molecule has 0 aliphatic rings. The Bertz CT molecular complexity index is 779. The molecule has 29 heavy (non-hydrogen) atoms. The topological polar surface area (TPSA) is 68.7 Å². The summed E-state index contributed by atoms with van der Waals surface area (Å²) in [7, 11) is 0. The molecule has 2 unspecified atom stereocenters. The summed E-state index contributed by atoms with van der Waals surface area (Å²) in [5.41, 5.74) is 1.70. The number of alkyl halides is 4. The first-order valence-electron chi connectivity index (χ1n) is 8.89. The highest BCUT2D eigenvalue weighted by Gasteiger charge is 2.31. The molecule has 158 valence electrons. The van der Waals surface area contributed by atoms with Crippen molar-refractivity contribution < 1.29 is 36.9 Å². The highest BCUT2D eigenvalue weighted by atomic mass is 19.4. The van der Waals surface area contributed by atoms with Gasteiger partial charge in [-0.2, -0.15) is 13.2 Å². The van der Waals surface area contributed by atoms with Crippen LogP contribution < -0.4 is 4.74 Å². The van der Waals surface area contributed by atoms with Crippen LogP contribution in [0.15, 0.2) is 42.6 Å². The average molecular weight is 415 g/mol. The van der Waals surface area contributed by atoms with Crippen LogP contribution in [0.1, 0.15) is 29.9 Å². The lowest BCUT2D eigenvalue weighted by molar-refractivity contribution is -0.192. The monoisotopic (exact) mass is 415 g/mol. The summed E-state index contributed by atoms with van der Waals surface area (Å²) in [6, 6.07) is 9.34. The summed E-state index contributed by atoms with van der Waals surface area (Å²) in [6.45, 7) is 0.0676. The van der Waals surface area contributed by atoms with Gasteiger partial charge in [0.2, 0.25) is 0 Å². The first-order valence-corrected chi connectivity index (χ1v) is 8.89. The maximum Gasteiger partial charge on any atom is 0.411 e. The van der Waals surface area contributed by atoms with Gasteiger partial charge in [0.1, 0.15) is 19.0 Å². The van der Waals surface area contributed by atoms with Gasteiger partial charge < -0.3 is 14.6 Å². The van der Waals surface area contributed by atoms with Crippen molar-refractivity contribution in [3.05, 3.63) is 59.4 Å². The standard InChI is InChI=1S/C20H21F4NO4/c1-2-13-5-8-17(25-10-13)16(21)11-28-15-6-3-14(4-7-15)9-18(19(26)27)29-12-20(22,23)24/h3-8,10,16,18H,2,9,11-12H2,1H3,(H,26,27). The molecule has 0 aliphatic carbocycles. The van der Waals surface area contributed by atoms with E-state index < -0.39 is 31.0 Å². The Hall–Kier alpha value is -2.68. The molecule has 1 N–H and O–H groups in total. The molecule has 0 fully saturated rings. The largest absolute Gasteiger partial charge is 0.490 e. The number of carboxylic acid groups (broad SMARTS) is 1. The Labute approximate surface area is 165 Å². The number of rotatable bonds is 10. The van der Waals surface area contributed by atoms with Crippen molar-refractivity contribution in [3.63, 3.8) is 0 Å². The van der Waals surface area contributed by atoms with Crippen molar-refractivity contribution in [1.29, 1.82) is 0 Å². The van der Waals surface area contributed by atoms with Crippen LogP contribution in [-0.4, -0.2) is 41.6 Å². The molecule has 0 aliphatic heterocycles. The van der Waals surface area contributed by atoms with Gasteiger partial charge in [-0.25, -0.2) is 9.18 Å². The normalized spacial score (nSPS) is 13.7. The van der Waals surface area contributed by atoms with Gasteiger partial charge in [0.15, 0.2) is 12.3 Å². The van der Waals surface area contributed by atoms with E-state index >= 15 is 0 Å². The van der Waals surface area contributed by atoms with Gasteiger partial charge in [-0.3, -0.25) is 4.98 Å². The van der Waals surface area contributed by atoms with Crippen molar-refractivity contribution in [2.75, 3.05) is 13.2 Å².